The summed E-state index contributed by atoms with van der Waals surface area (Å²) in [5, 5.41) is 8.28. The highest BCUT2D eigenvalue weighted by atomic mass is 19.1. The Balaban J connectivity index is 3.05. The smallest absolute Gasteiger partial charge is 0.315 e. The van der Waals surface area contributed by atoms with Crippen LogP contribution in [0.2, 0.25) is 0 Å². The van der Waals surface area contributed by atoms with Gasteiger partial charge in [-0.3, -0.25) is 9.59 Å². The topological polar surface area (TPSA) is 54.4 Å². The molecule has 0 aliphatic carbocycles. The number of aldehydes is 1. The van der Waals surface area contributed by atoms with Crippen LogP contribution >= 0.6 is 0 Å². The maximum Gasteiger partial charge on any atom is 0.315 e. The van der Waals surface area contributed by atoms with Gasteiger partial charge in [0, 0.05) is 0 Å². The lowest BCUT2D eigenvalue weighted by Gasteiger charge is -1.97. The molecule has 0 atom stereocenters. The lowest BCUT2D eigenvalue weighted by molar-refractivity contribution is -0.135. The van der Waals surface area contributed by atoms with Crippen LogP contribution in [0, 0.1) is 23.5 Å². The van der Waals surface area contributed by atoms with Crippen LogP contribution < -0.4 is 0 Å². The van der Waals surface area contributed by atoms with Crippen LogP contribution in [-0.4, -0.2) is 17.4 Å². The molecule has 0 saturated carbocycles. The Labute approximate surface area is 89.7 Å². The fourth-order valence-electron chi connectivity index (χ4n) is 0.963. The van der Waals surface area contributed by atoms with Gasteiger partial charge in [0.1, 0.15) is 18.1 Å². The van der Waals surface area contributed by atoms with Gasteiger partial charge < -0.3 is 5.11 Å². The lowest BCUT2D eigenvalue weighted by atomic mass is 10.1. The van der Waals surface area contributed by atoms with Crippen LogP contribution in [0.25, 0.3) is 0 Å². The number of carbonyl (C=O) groups is 2. The number of aliphatic carboxylic acids is 1. The first kappa shape index (κ1) is 11.9. The summed E-state index contributed by atoms with van der Waals surface area (Å²) in [4.78, 5) is 20.4. The van der Waals surface area contributed by atoms with Gasteiger partial charge in [0.25, 0.3) is 0 Å². The molecule has 5 heteroatoms. The van der Waals surface area contributed by atoms with Gasteiger partial charge in [0.15, 0.2) is 6.29 Å². The lowest BCUT2D eigenvalue weighted by Crippen LogP contribution is -1.94. The van der Waals surface area contributed by atoms with Crippen molar-refractivity contribution in [2.75, 3.05) is 0 Å². The minimum Gasteiger partial charge on any atom is -0.481 e. The molecule has 0 saturated heterocycles. The summed E-state index contributed by atoms with van der Waals surface area (Å²) in [6, 6.07) is 1.47. The van der Waals surface area contributed by atoms with Crippen LogP contribution in [0.15, 0.2) is 12.1 Å². The molecule has 16 heavy (non-hydrogen) atoms. The number of carbonyl (C=O) groups excluding carboxylic acids is 1. The van der Waals surface area contributed by atoms with E-state index < -0.39 is 29.6 Å². The van der Waals surface area contributed by atoms with Crippen LogP contribution in [-0.2, 0) is 4.79 Å². The summed E-state index contributed by atoms with van der Waals surface area (Å²) in [7, 11) is 0. The molecule has 0 bridgehead atoms. The standard InChI is InChI=1S/C11H6F2O3/c12-9-5-8(6-14)10(13)4-7(9)2-1-3-11(15)16/h4-6H,3H2,(H,15,16). The Morgan fingerprint density at radius 3 is 2.62 bits per heavy atom. The van der Waals surface area contributed by atoms with E-state index in [-0.39, 0.29) is 11.8 Å². The van der Waals surface area contributed by atoms with Crippen LogP contribution in [0.1, 0.15) is 22.3 Å². The Kier molecular flexibility index (Phi) is 3.72. The van der Waals surface area contributed by atoms with E-state index in [0.29, 0.717) is 6.07 Å². The molecule has 3 nitrogen and oxygen atoms in total. The summed E-state index contributed by atoms with van der Waals surface area (Å²) in [6.45, 7) is 0. The molecule has 0 aliphatic rings. The number of carboxylic acids is 1. The first-order valence-electron chi connectivity index (χ1n) is 4.19. The number of benzene rings is 1. The van der Waals surface area contributed by atoms with E-state index in [1.807, 2.05) is 0 Å². The van der Waals surface area contributed by atoms with Crippen molar-refractivity contribution in [2.45, 2.75) is 6.42 Å². The molecule has 0 spiro atoms. The fraction of sp³-hybridized carbons (Fsp3) is 0.0909. The van der Waals surface area contributed by atoms with E-state index in [4.69, 9.17) is 5.11 Å². The first-order valence-corrected chi connectivity index (χ1v) is 4.19. The van der Waals surface area contributed by atoms with Gasteiger partial charge >= 0.3 is 5.97 Å². The third-order valence-corrected chi connectivity index (χ3v) is 1.68. The largest absolute Gasteiger partial charge is 0.481 e. The minimum atomic E-state index is -1.15. The summed E-state index contributed by atoms with van der Waals surface area (Å²) < 4.78 is 26.2. The van der Waals surface area contributed by atoms with Gasteiger partial charge in [-0.2, -0.15) is 0 Å². The molecule has 0 aliphatic heterocycles. The normalized spacial score (nSPS) is 9.12. The summed E-state index contributed by atoms with van der Waals surface area (Å²) in [5.74, 6) is 1.43. The zero-order valence-corrected chi connectivity index (χ0v) is 7.96. The van der Waals surface area contributed by atoms with Gasteiger partial charge in [-0.25, -0.2) is 8.78 Å². The average Bonchev–Trinajstić information content (AvgIpc) is 2.22. The second-order valence-corrected chi connectivity index (χ2v) is 2.84. The van der Waals surface area contributed by atoms with E-state index in [2.05, 4.69) is 11.8 Å². The Hall–Kier alpha value is -2.22. The summed E-state index contributed by atoms with van der Waals surface area (Å²) in [5.41, 5.74) is -0.675. The molecule has 1 aromatic carbocycles. The predicted octanol–water partition coefficient (Wildman–Crippen LogP) is 1.60. The van der Waals surface area contributed by atoms with Crippen molar-refractivity contribution in [1.82, 2.24) is 0 Å². The highest BCUT2D eigenvalue weighted by Crippen LogP contribution is 2.12. The first-order chi connectivity index (χ1) is 7.54. The van der Waals surface area contributed by atoms with Crippen LogP contribution in [0.4, 0.5) is 8.78 Å². The fourth-order valence-corrected chi connectivity index (χ4v) is 0.963. The molecule has 1 N–H and O–H groups in total. The maximum absolute atomic E-state index is 13.2. The van der Waals surface area contributed by atoms with E-state index in [9.17, 15) is 18.4 Å². The molecule has 0 aromatic heterocycles. The van der Waals surface area contributed by atoms with E-state index in [1.54, 1.807) is 0 Å². The molecule has 0 heterocycles. The minimum absolute atomic E-state index is 0.187. The summed E-state index contributed by atoms with van der Waals surface area (Å²) >= 11 is 0. The number of carboxylic acid groups (broad SMARTS) is 1. The highest BCUT2D eigenvalue weighted by Gasteiger charge is 2.07. The SMILES string of the molecule is O=Cc1cc(F)c(C#CCC(=O)O)cc1F. The molecular weight excluding hydrogens is 218 g/mol. The van der Waals surface area contributed by atoms with Crippen LogP contribution in [0.5, 0.6) is 0 Å². The van der Waals surface area contributed by atoms with Gasteiger partial charge in [-0.05, 0) is 12.1 Å². The quantitative estimate of drug-likeness (QED) is 0.613. The molecule has 0 fully saturated rings. The molecule has 82 valence electrons. The second-order valence-electron chi connectivity index (χ2n) is 2.84. The van der Waals surface area contributed by atoms with Crippen molar-refractivity contribution in [3.05, 3.63) is 34.9 Å². The van der Waals surface area contributed by atoms with Crippen molar-refractivity contribution < 1.29 is 23.5 Å². The van der Waals surface area contributed by atoms with Gasteiger partial charge in [-0.1, -0.05) is 11.8 Å². The third kappa shape index (κ3) is 2.89. The Bertz CT molecular complexity index is 498. The number of hydrogen-bond donors (Lipinski definition) is 1. The van der Waals surface area contributed by atoms with Crippen molar-refractivity contribution >= 4 is 12.3 Å². The molecule has 1 aromatic rings. The highest BCUT2D eigenvalue weighted by molar-refractivity contribution is 5.75. The van der Waals surface area contributed by atoms with Crippen molar-refractivity contribution in [3.63, 3.8) is 0 Å². The summed E-state index contributed by atoms with van der Waals surface area (Å²) in [6.07, 6.45) is -0.274. The molecule has 0 radical (unpaired) electrons. The second kappa shape index (κ2) is 5.03. The average molecular weight is 224 g/mol. The van der Waals surface area contributed by atoms with E-state index in [1.165, 1.54) is 0 Å². The van der Waals surface area contributed by atoms with Crippen molar-refractivity contribution in [1.29, 1.82) is 0 Å². The zero-order valence-electron chi connectivity index (χ0n) is 7.96. The number of hydrogen-bond acceptors (Lipinski definition) is 2. The molecule has 0 unspecified atom stereocenters. The monoisotopic (exact) mass is 224 g/mol. The molecule has 1 rings (SSSR count). The van der Waals surface area contributed by atoms with Gasteiger partial charge in [0.05, 0.1) is 11.1 Å². The Morgan fingerprint density at radius 1 is 1.38 bits per heavy atom. The zero-order chi connectivity index (χ0) is 12.1. The Morgan fingerprint density at radius 2 is 2.06 bits per heavy atom. The van der Waals surface area contributed by atoms with Crippen LogP contribution in [0.3, 0.4) is 0 Å². The van der Waals surface area contributed by atoms with Crippen molar-refractivity contribution in [3.8, 4) is 11.8 Å². The number of halogens is 2. The van der Waals surface area contributed by atoms with E-state index in [0.717, 1.165) is 6.07 Å². The van der Waals surface area contributed by atoms with E-state index >= 15 is 0 Å². The van der Waals surface area contributed by atoms with Crippen molar-refractivity contribution in [2.24, 2.45) is 0 Å². The molecule has 0 amide bonds. The number of rotatable bonds is 2. The van der Waals surface area contributed by atoms with Gasteiger partial charge in [-0.15, -0.1) is 0 Å². The maximum atomic E-state index is 13.2. The predicted molar refractivity (Wildman–Crippen MR) is 50.9 cm³/mol. The van der Waals surface area contributed by atoms with Gasteiger partial charge in [0.2, 0.25) is 0 Å². The third-order valence-electron chi connectivity index (χ3n) is 1.68. The molecular formula is C11H6F2O3.